The van der Waals surface area contributed by atoms with Crippen LogP contribution < -0.4 is 10.6 Å². The molecule has 0 spiro atoms. The molecule has 2 rings (SSSR count). The van der Waals surface area contributed by atoms with Crippen LogP contribution in [-0.2, 0) is 9.53 Å². The Kier molecular flexibility index (Phi) is 4.36. The summed E-state index contributed by atoms with van der Waals surface area (Å²) in [7, 11) is 1.71. The molecule has 0 bridgehead atoms. The Morgan fingerprint density at radius 1 is 1.59 bits per heavy atom. The first-order valence-electron chi connectivity index (χ1n) is 6.50. The Labute approximate surface area is 103 Å². The summed E-state index contributed by atoms with van der Waals surface area (Å²) in [5, 5.41) is 6.05. The monoisotopic (exact) mass is 241 g/mol. The highest BCUT2D eigenvalue weighted by Gasteiger charge is 2.35. The fraction of sp³-hybridized carbons (Fsp3) is 0.917. The number of carbonyl (C=O) groups excluding carboxylic acids is 1. The molecule has 2 aliphatic rings. The van der Waals surface area contributed by atoms with Crippen molar-refractivity contribution < 1.29 is 9.53 Å². The van der Waals surface area contributed by atoms with Crippen molar-refractivity contribution in [1.82, 2.24) is 15.5 Å². The van der Waals surface area contributed by atoms with Gasteiger partial charge in [0.1, 0.15) is 6.04 Å². The minimum absolute atomic E-state index is 0.0376. The number of hydrogen-bond acceptors (Lipinski definition) is 4. The minimum atomic E-state index is -0.0376. The lowest BCUT2D eigenvalue weighted by Crippen LogP contribution is -2.61. The number of nitrogens with zero attached hydrogens (tertiary/aromatic N) is 1. The average Bonchev–Trinajstić information content (AvgIpc) is 2.91. The summed E-state index contributed by atoms with van der Waals surface area (Å²) in [6.45, 7) is 6.58. The molecule has 98 valence electrons. The molecule has 0 aromatic heterocycles. The topological polar surface area (TPSA) is 53.6 Å². The Morgan fingerprint density at radius 3 is 3.06 bits per heavy atom. The lowest BCUT2D eigenvalue weighted by Gasteiger charge is -2.41. The summed E-state index contributed by atoms with van der Waals surface area (Å²) in [6, 6.07) is 0.381. The van der Waals surface area contributed by atoms with E-state index in [0.29, 0.717) is 12.0 Å². The van der Waals surface area contributed by atoms with Gasteiger partial charge in [-0.3, -0.25) is 9.69 Å². The van der Waals surface area contributed by atoms with Crippen molar-refractivity contribution in [3.05, 3.63) is 0 Å². The van der Waals surface area contributed by atoms with Gasteiger partial charge in [-0.1, -0.05) is 0 Å². The van der Waals surface area contributed by atoms with E-state index in [1.54, 1.807) is 7.05 Å². The normalized spacial score (nSPS) is 32.4. The second-order valence-corrected chi connectivity index (χ2v) is 4.94. The van der Waals surface area contributed by atoms with E-state index in [9.17, 15) is 4.79 Å². The fourth-order valence-electron chi connectivity index (χ4n) is 2.82. The summed E-state index contributed by atoms with van der Waals surface area (Å²) >= 11 is 0. The Bertz CT molecular complexity index is 266. The van der Waals surface area contributed by atoms with E-state index in [2.05, 4.69) is 22.5 Å². The summed E-state index contributed by atoms with van der Waals surface area (Å²) < 4.78 is 5.45. The second-order valence-electron chi connectivity index (χ2n) is 4.94. The average molecular weight is 241 g/mol. The molecule has 2 saturated heterocycles. The molecule has 3 atom stereocenters. The molecule has 0 aromatic carbocycles. The van der Waals surface area contributed by atoms with Gasteiger partial charge in [0.05, 0.1) is 6.61 Å². The molecule has 17 heavy (non-hydrogen) atoms. The van der Waals surface area contributed by atoms with Crippen LogP contribution in [0.4, 0.5) is 0 Å². The summed E-state index contributed by atoms with van der Waals surface area (Å²) in [5.41, 5.74) is 0. The van der Waals surface area contributed by atoms with Crippen LogP contribution in [0.1, 0.15) is 13.3 Å². The lowest BCUT2D eigenvalue weighted by molar-refractivity contribution is -0.128. The van der Waals surface area contributed by atoms with E-state index in [1.807, 2.05) is 0 Å². The highest BCUT2D eigenvalue weighted by Crippen LogP contribution is 2.23. The standard InChI is InChI=1S/C12H23N3O2/c1-9(10-3-6-17-8-10)15-5-4-14-7-11(15)12(16)13-2/h9-11,14H,3-8H2,1-2H3,(H,13,16). The molecule has 0 aliphatic carbocycles. The van der Waals surface area contributed by atoms with Crippen molar-refractivity contribution in [2.75, 3.05) is 39.9 Å². The first kappa shape index (κ1) is 12.8. The zero-order valence-corrected chi connectivity index (χ0v) is 10.7. The third-order valence-electron chi connectivity index (χ3n) is 4.00. The van der Waals surface area contributed by atoms with Crippen LogP contribution in [0, 0.1) is 5.92 Å². The van der Waals surface area contributed by atoms with Crippen LogP contribution in [0.15, 0.2) is 0 Å². The number of rotatable bonds is 3. The predicted molar refractivity (Wildman–Crippen MR) is 65.8 cm³/mol. The smallest absolute Gasteiger partial charge is 0.238 e. The van der Waals surface area contributed by atoms with Gasteiger partial charge >= 0.3 is 0 Å². The Balaban J connectivity index is 2.01. The molecule has 3 unspecified atom stereocenters. The van der Waals surface area contributed by atoms with E-state index >= 15 is 0 Å². The first-order chi connectivity index (χ1) is 8.24. The minimum Gasteiger partial charge on any atom is -0.381 e. The highest BCUT2D eigenvalue weighted by molar-refractivity contribution is 5.81. The Hall–Kier alpha value is -0.650. The zero-order valence-electron chi connectivity index (χ0n) is 10.7. The Morgan fingerprint density at radius 2 is 2.41 bits per heavy atom. The van der Waals surface area contributed by atoms with Crippen LogP contribution in [-0.4, -0.2) is 62.8 Å². The van der Waals surface area contributed by atoms with Gasteiger partial charge in [0.2, 0.25) is 5.91 Å². The van der Waals surface area contributed by atoms with Crippen LogP contribution in [0.5, 0.6) is 0 Å². The maximum atomic E-state index is 11.9. The quantitative estimate of drug-likeness (QED) is 0.695. The van der Waals surface area contributed by atoms with Crippen LogP contribution in [0.3, 0.4) is 0 Å². The zero-order chi connectivity index (χ0) is 12.3. The molecular weight excluding hydrogens is 218 g/mol. The van der Waals surface area contributed by atoms with Crippen LogP contribution >= 0.6 is 0 Å². The fourth-order valence-corrected chi connectivity index (χ4v) is 2.82. The second kappa shape index (κ2) is 5.80. The number of likely N-dealkylation sites (N-methyl/N-ethyl adjacent to an activating group) is 1. The van der Waals surface area contributed by atoms with E-state index in [0.717, 1.165) is 39.3 Å². The number of amides is 1. The number of piperazine rings is 1. The number of nitrogens with one attached hydrogen (secondary N) is 2. The lowest BCUT2D eigenvalue weighted by atomic mass is 9.96. The number of ether oxygens (including phenoxy) is 1. The molecule has 2 heterocycles. The van der Waals surface area contributed by atoms with Gasteiger partial charge in [-0.05, 0) is 19.3 Å². The molecule has 2 N–H and O–H groups in total. The predicted octanol–water partition coefficient (Wildman–Crippen LogP) is -0.569. The molecule has 0 radical (unpaired) electrons. The maximum Gasteiger partial charge on any atom is 0.238 e. The van der Waals surface area contributed by atoms with Crippen molar-refractivity contribution >= 4 is 5.91 Å². The van der Waals surface area contributed by atoms with Gasteiger partial charge in [0, 0.05) is 39.3 Å². The molecule has 5 heteroatoms. The van der Waals surface area contributed by atoms with Crippen molar-refractivity contribution in [2.24, 2.45) is 5.92 Å². The maximum absolute atomic E-state index is 11.9. The van der Waals surface area contributed by atoms with Crippen LogP contribution in [0.25, 0.3) is 0 Å². The molecule has 1 amide bonds. The number of carbonyl (C=O) groups is 1. The molecule has 2 fully saturated rings. The van der Waals surface area contributed by atoms with Crippen molar-refractivity contribution in [3.63, 3.8) is 0 Å². The summed E-state index contributed by atoms with van der Waals surface area (Å²) in [4.78, 5) is 14.2. The molecule has 5 nitrogen and oxygen atoms in total. The van der Waals surface area contributed by atoms with Gasteiger partial charge in [0.15, 0.2) is 0 Å². The van der Waals surface area contributed by atoms with Gasteiger partial charge in [0.25, 0.3) is 0 Å². The first-order valence-corrected chi connectivity index (χ1v) is 6.50. The molecule has 0 saturated carbocycles. The number of hydrogen-bond donors (Lipinski definition) is 2. The van der Waals surface area contributed by atoms with E-state index in [-0.39, 0.29) is 11.9 Å². The SMILES string of the molecule is CNC(=O)C1CNCCN1C(C)C1CCOC1. The summed E-state index contributed by atoms with van der Waals surface area (Å²) in [6.07, 6.45) is 1.12. The third kappa shape index (κ3) is 2.78. The summed E-state index contributed by atoms with van der Waals surface area (Å²) in [5.74, 6) is 0.684. The highest BCUT2D eigenvalue weighted by atomic mass is 16.5. The largest absolute Gasteiger partial charge is 0.381 e. The van der Waals surface area contributed by atoms with Crippen molar-refractivity contribution in [3.8, 4) is 0 Å². The van der Waals surface area contributed by atoms with Gasteiger partial charge < -0.3 is 15.4 Å². The van der Waals surface area contributed by atoms with Crippen LogP contribution in [0.2, 0.25) is 0 Å². The van der Waals surface area contributed by atoms with Gasteiger partial charge in [-0.2, -0.15) is 0 Å². The van der Waals surface area contributed by atoms with E-state index < -0.39 is 0 Å². The van der Waals surface area contributed by atoms with Crippen molar-refractivity contribution in [1.29, 1.82) is 0 Å². The molecule has 2 aliphatic heterocycles. The molecular formula is C12H23N3O2. The van der Waals surface area contributed by atoms with E-state index in [1.165, 1.54) is 0 Å². The third-order valence-corrected chi connectivity index (χ3v) is 4.00. The van der Waals surface area contributed by atoms with Gasteiger partial charge in [-0.25, -0.2) is 0 Å². The van der Waals surface area contributed by atoms with Crippen molar-refractivity contribution in [2.45, 2.75) is 25.4 Å². The van der Waals surface area contributed by atoms with Gasteiger partial charge in [-0.15, -0.1) is 0 Å². The van der Waals surface area contributed by atoms with E-state index in [4.69, 9.17) is 4.74 Å². The molecule has 0 aromatic rings.